The van der Waals surface area contributed by atoms with Crippen molar-refractivity contribution in [1.29, 1.82) is 0 Å². The number of aromatic nitrogens is 3. The van der Waals surface area contributed by atoms with Gasteiger partial charge in [0.1, 0.15) is 18.2 Å². The standard InChI is InChI=1S/C19H16FN5O/c1-12-16(18(26)24-13-7-3-2-4-8-13)17(14-9-5-6-10-15(14)20)25-19(23-12)21-11-22-25/h2-11,17H,1H3,(H,24,26)(H,21,22,23). The number of hydrogen-bond acceptors (Lipinski definition) is 4. The van der Waals surface area contributed by atoms with Crippen LogP contribution < -0.4 is 10.6 Å². The van der Waals surface area contributed by atoms with Crippen molar-refractivity contribution in [3.63, 3.8) is 0 Å². The van der Waals surface area contributed by atoms with Crippen LogP contribution in [0.1, 0.15) is 18.5 Å². The molecule has 1 atom stereocenters. The zero-order valence-corrected chi connectivity index (χ0v) is 14.0. The molecule has 0 saturated carbocycles. The number of anilines is 2. The van der Waals surface area contributed by atoms with Gasteiger partial charge in [0.05, 0.1) is 5.57 Å². The predicted molar refractivity (Wildman–Crippen MR) is 96.0 cm³/mol. The number of allylic oxidation sites excluding steroid dienone is 1. The van der Waals surface area contributed by atoms with E-state index >= 15 is 0 Å². The van der Waals surface area contributed by atoms with E-state index in [-0.39, 0.29) is 5.91 Å². The van der Waals surface area contributed by atoms with Crippen molar-refractivity contribution < 1.29 is 9.18 Å². The molecule has 0 bridgehead atoms. The van der Waals surface area contributed by atoms with Gasteiger partial charge in [0.25, 0.3) is 5.91 Å². The van der Waals surface area contributed by atoms with Crippen LogP contribution in [0.3, 0.4) is 0 Å². The van der Waals surface area contributed by atoms with E-state index in [0.29, 0.717) is 28.5 Å². The van der Waals surface area contributed by atoms with E-state index in [1.54, 1.807) is 37.3 Å². The molecule has 1 aliphatic rings. The molecular formula is C19H16FN5O. The third-order valence-electron chi connectivity index (χ3n) is 4.27. The van der Waals surface area contributed by atoms with Gasteiger partial charge < -0.3 is 10.6 Å². The third-order valence-corrected chi connectivity index (χ3v) is 4.27. The van der Waals surface area contributed by atoms with E-state index in [0.717, 1.165) is 0 Å². The summed E-state index contributed by atoms with van der Waals surface area (Å²) in [6.45, 7) is 1.77. The maximum atomic E-state index is 14.5. The van der Waals surface area contributed by atoms with Gasteiger partial charge in [-0.25, -0.2) is 9.07 Å². The molecule has 2 aromatic carbocycles. The van der Waals surface area contributed by atoms with Crippen LogP contribution >= 0.6 is 0 Å². The molecule has 1 amide bonds. The Morgan fingerprint density at radius 1 is 1.15 bits per heavy atom. The molecule has 2 heterocycles. The molecule has 1 aromatic heterocycles. The Morgan fingerprint density at radius 3 is 2.65 bits per heavy atom. The number of fused-ring (bicyclic) bond motifs is 1. The average Bonchev–Trinajstić information content (AvgIpc) is 3.10. The molecule has 0 radical (unpaired) electrons. The Morgan fingerprint density at radius 2 is 1.88 bits per heavy atom. The maximum absolute atomic E-state index is 14.5. The van der Waals surface area contributed by atoms with E-state index < -0.39 is 11.9 Å². The monoisotopic (exact) mass is 349 g/mol. The first-order valence-corrected chi connectivity index (χ1v) is 8.13. The van der Waals surface area contributed by atoms with E-state index in [2.05, 4.69) is 20.7 Å². The molecule has 0 fully saturated rings. The molecule has 0 saturated heterocycles. The summed E-state index contributed by atoms with van der Waals surface area (Å²) >= 11 is 0. The van der Waals surface area contributed by atoms with Crippen LogP contribution in [0.5, 0.6) is 0 Å². The molecule has 4 rings (SSSR count). The molecule has 7 heteroatoms. The van der Waals surface area contributed by atoms with E-state index in [1.807, 2.05) is 18.2 Å². The van der Waals surface area contributed by atoms with Crippen LogP contribution in [0, 0.1) is 5.82 Å². The van der Waals surface area contributed by atoms with Gasteiger partial charge in [-0.3, -0.25) is 4.79 Å². The quantitative estimate of drug-likeness (QED) is 0.761. The van der Waals surface area contributed by atoms with Gasteiger partial charge in [0.2, 0.25) is 5.95 Å². The number of nitrogens with zero attached hydrogens (tertiary/aromatic N) is 3. The predicted octanol–water partition coefficient (Wildman–Crippen LogP) is 3.34. The molecule has 3 aromatic rings. The van der Waals surface area contributed by atoms with Gasteiger partial charge in [-0.1, -0.05) is 36.4 Å². The number of para-hydroxylation sites is 1. The molecule has 1 unspecified atom stereocenters. The summed E-state index contributed by atoms with van der Waals surface area (Å²) in [5, 5.41) is 10.1. The summed E-state index contributed by atoms with van der Waals surface area (Å²) in [5.41, 5.74) is 2.01. The summed E-state index contributed by atoms with van der Waals surface area (Å²) in [6.07, 6.45) is 1.38. The minimum absolute atomic E-state index is 0.324. The number of carbonyl (C=O) groups excluding carboxylic acids is 1. The van der Waals surface area contributed by atoms with Gasteiger partial charge in [-0.2, -0.15) is 10.1 Å². The van der Waals surface area contributed by atoms with Crippen LogP contribution in [-0.2, 0) is 4.79 Å². The van der Waals surface area contributed by atoms with Crippen LogP contribution in [0.4, 0.5) is 16.0 Å². The normalized spacial score (nSPS) is 16.0. The van der Waals surface area contributed by atoms with Gasteiger partial charge in [-0.05, 0) is 25.1 Å². The fourth-order valence-corrected chi connectivity index (χ4v) is 3.09. The number of amides is 1. The number of carbonyl (C=O) groups is 1. The lowest BCUT2D eigenvalue weighted by molar-refractivity contribution is -0.113. The summed E-state index contributed by atoms with van der Waals surface area (Å²) in [7, 11) is 0. The number of rotatable bonds is 3. The van der Waals surface area contributed by atoms with Gasteiger partial charge >= 0.3 is 0 Å². The van der Waals surface area contributed by atoms with Crippen molar-refractivity contribution in [2.24, 2.45) is 0 Å². The topological polar surface area (TPSA) is 71.8 Å². The highest BCUT2D eigenvalue weighted by atomic mass is 19.1. The molecule has 130 valence electrons. The third kappa shape index (κ3) is 2.73. The Hall–Kier alpha value is -3.48. The summed E-state index contributed by atoms with van der Waals surface area (Å²) in [4.78, 5) is 17.2. The number of halogens is 1. The largest absolute Gasteiger partial charge is 0.328 e. The Labute approximate surface area is 149 Å². The van der Waals surface area contributed by atoms with Crippen molar-refractivity contribution in [3.05, 3.63) is 83.6 Å². The van der Waals surface area contributed by atoms with Crippen LogP contribution in [-0.4, -0.2) is 20.7 Å². The zero-order chi connectivity index (χ0) is 18.1. The zero-order valence-electron chi connectivity index (χ0n) is 14.0. The van der Waals surface area contributed by atoms with Crippen molar-refractivity contribution in [2.75, 3.05) is 10.6 Å². The van der Waals surface area contributed by atoms with Gasteiger partial charge in [0.15, 0.2) is 0 Å². The summed E-state index contributed by atoms with van der Waals surface area (Å²) < 4.78 is 16.0. The SMILES string of the molecule is CC1=C(C(=O)Nc2ccccc2)C(c2ccccc2F)n2ncnc2N1. The first-order valence-electron chi connectivity index (χ1n) is 8.13. The number of benzene rings is 2. The van der Waals surface area contributed by atoms with Crippen LogP contribution in [0.15, 0.2) is 72.2 Å². The summed E-state index contributed by atoms with van der Waals surface area (Å²) in [5.74, 6) is -0.263. The Bertz CT molecular complexity index is 996. The molecule has 26 heavy (non-hydrogen) atoms. The minimum Gasteiger partial charge on any atom is -0.328 e. The summed E-state index contributed by atoms with van der Waals surface area (Å²) in [6, 6.07) is 14.8. The van der Waals surface area contributed by atoms with E-state index in [1.165, 1.54) is 17.1 Å². The lowest BCUT2D eigenvalue weighted by Crippen LogP contribution is -2.32. The van der Waals surface area contributed by atoms with Crippen molar-refractivity contribution in [2.45, 2.75) is 13.0 Å². The lowest BCUT2D eigenvalue weighted by atomic mass is 9.94. The highest BCUT2D eigenvalue weighted by molar-refractivity contribution is 6.06. The van der Waals surface area contributed by atoms with E-state index in [9.17, 15) is 9.18 Å². The molecule has 0 aliphatic carbocycles. The lowest BCUT2D eigenvalue weighted by Gasteiger charge is -2.28. The Balaban J connectivity index is 1.80. The molecule has 1 aliphatic heterocycles. The number of hydrogen-bond donors (Lipinski definition) is 2. The highest BCUT2D eigenvalue weighted by Gasteiger charge is 2.34. The average molecular weight is 349 g/mol. The second kappa shape index (κ2) is 6.44. The second-order valence-corrected chi connectivity index (χ2v) is 5.94. The second-order valence-electron chi connectivity index (χ2n) is 5.94. The van der Waals surface area contributed by atoms with Gasteiger partial charge in [-0.15, -0.1) is 0 Å². The Kier molecular flexibility index (Phi) is 3.96. The van der Waals surface area contributed by atoms with Crippen LogP contribution in [0.25, 0.3) is 0 Å². The fourth-order valence-electron chi connectivity index (χ4n) is 3.09. The van der Waals surface area contributed by atoms with E-state index in [4.69, 9.17) is 0 Å². The smallest absolute Gasteiger partial charge is 0.255 e. The van der Waals surface area contributed by atoms with Crippen LogP contribution in [0.2, 0.25) is 0 Å². The highest BCUT2D eigenvalue weighted by Crippen LogP contribution is 2.36. The molecule has 6 nitrogen and oxygen atoms in total. The first kappa shape index (κ1) is 16.0. The van der Waals surface area contributed by atoms with Crippen molar-refractivity contribution in [1.82, 2.24) is 14.8 Å². The minimum atomic E-state index is -0.710. The molecule has 2 N–H and O–H groups in total. The van der Waals surface area contributed by atoms with Gasteiger partial charge in [0, 0.05) is 16.9 Å². The van der Waals surface area contributed by atoms with Crippen molar-refractivity contribution in [3.8, 4) is 0 Å². The molecular weight excluding hydrogens is 333 g/mol. The first-order chi connectivity index (χ1) is 12.6. The maximum Gasteiger partial charge on any atom is 0.255 e. The fraction of sp³-hybridized carbons (Fsp3) is 0.105. The number of nitrogens with one attached hydrogen (secondary N) is 2. The van der Waals surface area contributed by atoms with Crippen molar-refractivity contribution >= 4 is 17.5 Å². The molecule has 0 spiro atoms.